The fourth-order valence-electron chi connectivity index (χ4n) is 2.70. The van der Waals surface area contributed by atoms with E-state index in [1.165, 1.54) is 0 Å². The fraction of sp³-hybridized carbons (Fsp3) is 1.00. The quantitative estimate of drug-likeness (QED) is 0.348. The van der Waals surface area contributed by atoms with Crippen molar-refractivity contribution in [1.82, 2.24) is 0 Å². The summed E-state index contributed by atoms with van der Waals surface area (Å²) >= 11 is 12.0. The molecule has 0 heterocycles. The maximum atomic E-state index is 9.59. The maximum Gasteiger partial charge on any atom is 0.0774 e. The summed E-state index contributed by atoms with van der Waals surface area (Å²) < 4.78 is 5.75. The lowest BCUT2D eigenvalue weighted by Gasteiger charge is -2.24. The van der Waals surface area contributed by atoms with Crippen LogP contribution >= 0.6 is 23.2 Å². The van der Waals surface area contributed by atoms with E-state index in [4.69, 9.17) is 38.2 Å². The Morgan fingerprint density at radius 2 is 1.09 bits per heavy atom. The van der Waals surface area contributed by atoms with Crippen LogP contribution in [0.25, 0.3) is 0 Å². The van der Waals surface area contributed by atoms with Crippen LogP contribution in [0.4, 0.5) is 0 Å². The minimum Gasteiger partial charge on any atom is -0.394 e. The first-order valence-electron chi connectivity index (χ1n) is 8.22. The summed E-state index contributed by atoms with van der Waals surface area (Å²) in [6.07, 6.45) is 0.707. The van der Waals surface area contributed by atoms with Crippen LogP contribution in [0.15, 0.2) is 0 Å². The third kappa shape index (κ3) is 13.4. The highest BCUT2D eigenvalue weighted by Crippen LogP contribution is 2.21. The second-order valence-corrected chi connectivity index (χ2v) is 7.94. The molecule has 0 fully saturated rings. The smallest absolute Gasteiger partial charge is 0.0774 e. The van der Waals surface area contributed by atoms with Gasteiger partial charge in [0.1, 0.15) is 0 Å². The first-order valence-corrected chi connectivity index (χ1v) is 9.09. The Hall–Kier alpha value is 0.380. The van der Waals surface area contributed by atoms with Gasteiger partial charge < -0.3 is 25.2 Å². The lowest BCUT2D eigenvalue weighted by Crippen LogP contribution is -2.26. The van der Waals surface area contributed by atoms with Crippen LogP contribution in [0.5, 0.6) is 0 Å². The summed E-state index contributed by atoms with van der Waals surface area (Å²) in [6, 6.07) is 0. The monoisotopic (exact) mass is 374 g/mol. The molecule has 6 atom stereocenters. The lowest BCUT2D eigenvalue weighted by atomic mass is 9.96. The summed E-state index contributed by atoms with van der Waals surface area (Å²) in [7, 11) is 0. The molecule has 0 aliphatic rings. The number of aliphatic hydroxyl groups excluding tert-OH is 4. The summed E-state index contributed by atoms with van der Waals surface area (Å²) in [4.78, 5) is 0. The number of rotatable bonds is 14. The number of hydrogen-bond donors (Lipinski definition) is 4. The van der Waals surface area contributed by atoms with Crippen LogP contribution < -0.4 is 0 Å². The highest BCUT2D eigenvalue weighted by molar-refractivity contribution is 6.20. The third-order valence-corrected chi connectivity index (χ3v) is 4.01. The lowest BCUT2D eigenvalue weighted by molar-refractivity contribution is 0.0134. The van der Waals surface area contributed by atoms with E-state index in [-0.39, 0.29) is 35.8 Å². The molecular weight excluding hydrogens is 343 g/mol. The second kappa shape index (κ2) is 13.6. The molecule has 5 nitrogen and oxygen atoms in total. The molecule has 23 heavy (non-hydrogen) atoms. The summed E-state index contributed by atoms with van der Waals surface area (Å²) in [5.74, 6) is 0.114. The minimum atomic E-state index is -0.770. The maximum absolute atomic E-state index is 9.59. The predicted octanol–water partition coefficient (Wildman–Crippen LogP) is 1.76. The molecule has 0 bridgehead atoms. The van der Waals surface area contributed by atoms with E-state index in [0.29, 0.717) is 38.9 Å². The number of hydrogen-bond acceptors (Lipinski definition) is 5. The van der Waals surface area contributed by atoms with Crippen LogP contribution in [0.3, 0.4) is 0 Å². The molecule has 0 rings (SSSR count). The zero-order chi connectivity index (χ0) is 17.8. The Bertz CT molecular complexity index is 253. The van der Waals surface area contributed by atoms with Crippen LogP contribution in [-0.2, 0) is 4.74 Å². The molecule has 0 aromatic carbocycles. The number of ether oxygens (including phenoxy) is 1. The van der Waals surface area contributed by atoms with E-state index in [9.17, 15) is 10.2 Å². The summed E-state index contributed by atoms with van der Waals surface area (Å²) in [5, 5.41) is 37.0. The van der Waals surface area contributed by atoms with Gasteiger partial charge in [-0.3, -0.25) is 0 Å². The van der Waals surface area contributed by atoms with Crippen molar-refractivity contribution < 1.29 is 25.2 Å². The standard InChI is InChI=1S/C16H32Cl2O5/c1-11(17)3-13(5-15(21)7-19)9-23-10-14(4-12(2)18)6-16(22)8-20/h11-16,19-22H,3-10H2,1-2H3. The molecule has 4 N–H and O–H groups in total. The van der Waals surface area contributed by atoms with Gasteiger partial charge in [0, 0.05) is 24.0 Å². The van der Waals surface area contributed by atoms with Crippen molar-refractivity contribution in [3.63, 3.8) is 0 Å². The van der Waals surface area contributed by atoms with Crippen molar-refractivity contribution in [2.75, 3.05) is 26.4 Å². The highest BCUT2D eigenvalue weighted by atomic mass is 35.5. The Morgan fingerprint density at radius 3 is 1.35 bits per heavy atom. The Balaban J connectivity index is 4.36. The van der Waals surface area contributed by atoms with Crippen molar-refractivity contribution in [3.8, 4) is 0 Å². The molecule has 0 radical (unpaired) electrons. The van der Waals surface area contributed by atoms with Gasteiger partial charge in [-0.15, -0.1) is 23.2 Å². The van der Waals surface area contributed by atoms with E-state index in [1.807, 2.05) is 13.8 Å². The zero-order valence-electron chi connectivity index (χ0n) is 14.1. The molecule has 0 aromatic heterocycles. The van der Waals surface area contributed by atoms with E-state index in [0.717, 1.165) is 0 Å². The van der Waals surface area contributed by atoms with Gasteiger partial charge in [-0.25, -0.2) is 0 Å². The van der Waals surface area contributed by atoms with Gasteiger partial charge in [0.2, 0.25) is 0 Å². The average molecular weight is 375 g/mol. The zero-order valence-corrected chi connectivity index (χ0v) is 15.6. The van der Waals surface area contributed by atoms with Crippen LogP contribution in [0, 0.1) is 11.8 Å². The molecule has 0 saturated heterocycles. The van der Waals surface area contributed by atoms with Gasteiger partial charge in [0.25, 0.3) is 0 Å². The molecule has 0 aliphatic heterocycles. The number of alkyl halides is 2. The van der Waals surface area contributed by atoms with E-state index < -0.39 is 12.2 Å². The van der Waals surface area contributed by atoms with Crippen molar-refractivity contribution in [1.29, 1.82) is 0 Å². The van der Waals surface area contributed by atoms with Crippen molar-refractivity contribution in [2.45, 2.75) is 62.5 Å². The fourth-order valence-corrected chi connectivity index (χ4v) is 3.21. The molecule has 0 spiro atoms. The minimum absolute atomic E-state index is 0.0376. The summed E-state index contributed by atoms with van der Waals surface area (Å²) in [6.45, 7) is 4.07. The van der Waals surface area contributed by atoms with Gasteiger partial charge >= 0.3 is 0 Å². The first-order chi connectivity index (χ1) is 10.8. The van der Waals surface area contributed by atoms with E-state index in [2.05, 4.69) is 0 Å². The first kappa shape index (κ1) is 23.4. The van der Waals surface area contributed by atoms with Crippen molar-refractivity contribution in [3.05, 3.63) is 0 Å². The van der Waals surface area contributed by atoms with Gasteiger partial charge in [-0.1, -0.05) is 0 Å². The van der Waals surface area contributed by atoms with Crippen LogP contribution in [0.2, 0.25) is 0 Å². The largest absolute Gasteiger partial charge is 0.394 e. The van der Waals surface area contributed by atoms with Gasteiger partial charge in [0.15, 0.2) is 0 Å². The van der Waals surface area contributed by atoms with Crippen LogP contribution in [-0.4, -0.2) is 69.8 Å². The SMILES string of the molecule is CC(Cl)CC(COCC(CC(C)Cl)CC(O)CO)CC(O)CO. The molecular formula is C16H32Cl2O5. The normalized spacial score (nSPS) is 19.8. The molecule has 0 amide bonds. The Kier molecular flexibility index (Phi) is 13.9. The van der Waals surface area contributed by atoms with E-state index >= 15 is 0 Å². The second-order valence-electron chi connectivity index (χ2n) is 6.45. The van der Waals surface area contributed by atoms with Crippen molar-refractivity contribution in [2.24, 2.45) is 11.8 Å². The molecule has 0 saturated carbocycles. The van der Waals surface area contributed by atoms with Crippen molar-refractivity contribution >= 4 is 23.2 Å². The molecule has 0 aromatic rings. The molecule has 6 unspecified atom stereocenters. The highest BCUT2D eigenvalue weighted by Gasteiger charge is 2.20. The number of halogens is 2. The molecule has 7 heteroatoms. The van der Waals surface area contributed by atoms with Gasteiger partial charge in [-0.2, -0.15) is 0 Å². The van der Waals surface area contributed by atoms with Gasteiger partial charge in [0.05, 0.1) is 25.4 Å². The van der Waals surface area contributed by atoms with Crippen LogP contribution in [0.1, 0.15) is 39.5 Å². The molecule has 140 valence electrons. The number of aliphatic hydroxyl groups is 4. The van der Waals surface area contributed by atoms with E-state index in [1.54, 1.807) is 0 Å². The van der Waals surface area contributed by atoms with Gasteiger partial charge in [-0.05, 0) is 51.4 Å². The topological polar surface area (TPSA) is 90.2 Å². The predicted molar refractivity (Wildman–Crippen MR) is 93.1 cm³/mol. The average Bonchev–Trinajstić information content (AvgIpc) is 2.45. The molecule has 0 aliphatic carbocycles. The summed E-state index contributed by atoms with van der Waals surface area (Å²) in [5.41, 5.74) is 0. The Labute approximate surface area is 149 Å². The third-order valence-electron chi connectivity index (χ3n) is 3.66. The Morgan fingerprint density at radius 1 is 0.739 bits per heavy atom.